The summed E-state index contributed by atoms with van der Waals surface area (Å²) in [5.74, 6) is 5.79. The van der Waals surface area contributed by atoms with E-state index in [2.05, 4.69) is 25.5 Å². The molecule has 0 saturated heterocycles. The number of nitrogens with one attached hydrogen (secondary N) is 1. The third-order valence-electron chi connectivity index (χ3n) is 2.45. The number of nitrogen functional groups attached to an aromatic ring is 1. The van der Waals surface area contributed by atoms with Gasteiger partial charge in [-0.3, -0.25) is 5.43 Å². The lowest BCUT2D eigenvalue weighted by molar-refractivity contribution is 0.424. The second-order valence-corrected chi connectivity index (χ2v) is 3.77. The number of hydrogen-bond donors (Lipinski definition) is 2. The van der Waals surface area contributed by atoms with E-state index in [0.29, 0.717) is 5.88 Å². The molecular weight excluding hydrogens is 258 g/mol. The van der Waals surface area contributed by atoms with Gasteiger partial charge in [0.2, 0.25) is 11.8 Å². The predicted octanol–water partition coefficient (Wildman–Crippen LogP) is 1.14. The van der Waals surface area contributed by atoms with Gasteiger partial charge in [0, 0.05) is 12.3 Å². The SMILES string of the molecule is NNc1nccc(Oc2ncn(-c3ccccc3)n2)n1. The highest BCUT2D eigenvalue weighted by Crippen LogP contribution is 2.16. The first-order chi connectivity index (χ1) is 9.85. The molecular formula is C12H11N7O. The van der Waals surface area contributed by atoms with E-state index in [1.807, 2.05) is 30.3 Å². The average Bonchev–Trinajstić information content (AvgIpc) is 2.97. The minimum atomic E-state index is 0.190. The maximum Gasteiger partial charge on any atom is 0.342 e. The highest BCUT2D eigenvalue weighted by molar-refractivity contribution is 5.30. The number of hydrazine groups is 1. The molecule has 3 N–H and O–H groups in total. The summed E-state index contributed by atoms with van der Waals surface area (Å²) in [5, 5.41) is 4.20. The summed E-state index contributed by atoms with van der Waals surface area (Å²) in [5.41, 5.74) is 3.23. The van der Waals surface area contributed by atoms with E-state index in [1.165, 1.54) is 6.20 Å². The van der Waals surface area contributed by atoms with Gasteiger partial charge >= 0.3 is 6.01 Å². The van der Waals surface area contributed by atoms with Crippen LogP contribution in [0.3, 0.4) is 0 Å². The fraction of sp³-hybridized carbons (Fsp3) is 0. The molecule has 8 nitrogen and oxygen atoms in total. The molecule has 0 aliphatic heterocycles. The molecule has 0 spiro atoms. The Morgan fingerprint density at radius 2 is 1.95 bits per heavy atom. The molecule has 0 fully saturated rings. The predicted molar refractivity (Wildman–Crippen MR) is 71.3 cm³/mol. The molecule has 0 saturated carbocycles. The molecule has 1 aromatic carbocycles. The minimum absolute atomic E-state index is 0.190. The number of ether oxygens (including phenoxy) is 1. The van der Waals surface area contributed by atoms with E-state index in [-0.39, 0.29) is 12.0 Å². The Morgan fingerprint density at radius 1 is 1.10 bits per heavy atom. The van der Waals surface area contributed by atoms with Crippen LogP contribution in [0.1, 0.15) is 0 Å². The Morgan fingerprint density at radius 3 is 2.75 bits per heavy atom. The van der Waals surface area contributed by atoms with Crippen molar-refractivity contribution in [1.29, 1.82) is 0 Å². The van der Waals surface area contributed by atoms with Crippen molar-refractivity contribution in [3.8, 4) is 17.6 Å². The number of hydrogen-bond acceptors (Lipinski definition) is 7. The molecule has 0 bridgehead atoms. The quantitative estimate of drug-likeness (QED) is 0.540. The van der Waals surface area contributed by atoms with Crippen molar-refractivity contribution in [3.05, 3.63) is 48.9 Å². The molecule has 3 aromatic rings. The van der Waals surface area contributed by atoms with Crippen molar-refractivity contribution in [2.45, 2.75) is 0 Å². The number of aromatic nitrogens is 5. The lowest BCUT2D eigenvalue weighted by Crippen LogP contribution is -2.10. The first kappa shape index (κ1) is 12.1. The molecule has 0 aliphatic rings. The van der Waals surface area contributed by atoms with Gasteiger partial charge in [0.15, 0.2) is 0 Å². The number of anilines is 1. The molecule has 0 atom stereocenters. The second kappa shape index (κ2) is 5.33. The fourth-order valence-corrected chi connectivity index (χ4v) is 1.56. The van der Waals surface area contributed by atoms with E-state index < -0.39 is 0 Å². The van der Waals surface area contributed by atoms with Gasteiger partial charge in [0.05, 0.1) is 5.69 Å². The van der Waals surface area contributed by atoms with Gasteiger partial charge in [-0.25, -0.2) is 15.5 Å². The van der Waals surface area contributed by atoms with Crippen molar-refractivity contribution < 1.29 is 4.74 Å². The van der Waals surface area contributed by atoms with Gasteiger partial charge in [-0.2, -0.15) is 9.97 Å². The summed E-state index contributed by atoms with van der Waals surface area (Å²) in [4.78, 5) is 11.9. The van der Waals surface area contributed by atoms with Crippen LogP contribution in [0.25, 0.3) is 5.69 Å². The van der Waals surface area contributed by atoms with Crippen LogP contribution in [0.15, 0.2) is 48.9 Å². The number of rotatable bonds is 4. The Kier molecular flexibility index (Phi) is 3.21. The number of benzene rings is 1. The molecule has 100 valence electrons. The molecule has 8 heteroatoms. The van der Waals surface area contributed by atoms with Crippen LogP contribution in [0.5, 0.6) is 11.9 Å². The fourth-order valence-electron chi connectivity index (χ4n) is 1.56. The maximum absolute atomic E-state index is 5.43. The zero-order chi connectivity index (χ0) is 13.8. The van der Waals surface area contributed by atoms with Crippen LogP contribution in [-0.2, 0) is 0 Å². The van der Waals surface area contributed by atoms with Gasteiger partial charge in [-0.15, -0.1) is 5.10 Å². The summed E-state index contributed by atoms with van der Waals surface area (Å²) in [6.07, 6.45) is 3.08. The molecule has 0 amide bonds. The maximum atomic E-state index is 5.43. The largest absolute Gasteiger partial charge is 0.404 e. The summed E-state index contributed by atoms with van der Waals surface area (Å²) in [6, 6.07) is 11.4. The molecule has 20 heavy (non-hydrogen) atoms. The van der Waals surface area contributed by atoms with E-state index in [0.717, 1.165) is 5.69 Å². The van der Waals surface area contributed by atoms with Crippen LogP contribution < -0.4 is 16.0 Å². The number of para-hydroxylation sites is 1. The third-order valence-corrected chi connectivity index (χ3v) is 2.45. The second-order valence-electron chi connectivity index (χ2n) is 3.77. The summed E-state index contributed by atoms with van der Waals surface area (Å²) in [6.45, 7) is 0. The van der Waals surface area contributed by atoms with Gasteiger partial charge in [-0.1, -0.05) is 18.2 Å². The van der Waals surface area contributed by atoms with Crippen molar-refractivity contribution in [1.82, 2.24) is 24.7 Å². The van der Waals surface area contributed by atoms with Gasteiger partial charge in [0.1, 0.15) is 6.33 Å². The molecule has 0 aliphatic carbocycles. The molecule has 0 radical (unpaired) electrons. The van der Waals surface area contributed by atoms with Crippen LogP contribution in [0.4, 0.5) is 5.95 Å². The van der Waals surface area contributed by atoms with Crippen LogP contribution >= 0.6 is 0 Å². The summed E-state index contributed by atoms with van der Waals surface area (Å²) in [7, 11) is 0. The van der Waals surface area contributed by atoms with Gasteiger partial charge in [0.25, 0.3) is 0 Å². The van der Waals surface area contributed by atoms with Crippen molar-refractivity contribution in [3.63, 3.8) is 0 Å². The van der Waals surface area contributed by atoms with Crippen molar-refractivity contribution in [2.24, 2.45) is 5.84 Å². The third kappa shape index (κ3) is 2.54. The standard InChI is InChI=1S/C12H11N7O/c13-17-11-14-7-6-10(16-11)20-12-15-8-19(18-12)9-4-2-1-3-5-9/h1-8H,13H2,(H,14,16,17). The summed E-state index contributed by atoms with van der Waals surface area (Å²) < 4.78 is 7.04. The van der Waals surface area contributed by atoms with E-state index in [1.54, 1.807) is 17.1 Å². The first-order valence-corrected chi connectivity index (χ1v) is 5.80. The molecule has 2 aromatic heterocycles. The zero-order valence-electron chi connectivity index (χ0n) is 10.3. The van der Waals surface area contributed by atoms with Gasteiger partial charge in [-0.05, 0) is 12.1 Å². The zero-order valence-corrected chi connectivity index (χ0v) is 10.3. The number of nitrogens with two attached hydrogens (primary N) is 1. The Labute approximate surface area is 114 Å². The highest BCUT2D eigenvalue weighted by Gasteiger charge is 2.06. The monoisotopic (exact) mass is 269 g/mol. The summed E-state index contributed by atoms with van der Waals surface area (Å²) >= 11 is 0. The highest BCUT2D eigenvalue weighted by atomic mass is 16.5. The Hall–Kier alpha value is -3.00. The van der Waals surface area contributed by atoms with Crippen molar-refractivity contribution >= 4 is 5.95 Å². The topological polar surface area (TPSA) is 104 Å². The molecule has 0 unspecified atom stereocenters. The van der Waals surface area contributed by atoms with Crippen LogP contribution in [-0.4, -0.2) is 24.7 Å². The lowest BCUT2D eigenvalue weighted by atomic mass is 10.3. The van der Waals surface area contributed by atoms with E-state index in [4.69, 9.17) is 10.6 Å². The average molecular weight is 269 g/mol. The van der Waals surface area contributed by atoms with E-state index >= 15 is 0 Å². The minimum Gasteiger partial charge on any atom is -0.404 e. The van der Waals surface area contributed by atoms with Crippen molar-refractivity contribution in [2.75, 3.05) is 5.43 Å². The smallest absolute Gasteiger partial charge is 0.342 e. The normalized spacial score (nSPS) is 10.2. The molecule has 3 rings (SSSR count). The lowest BCUT2D eigenvalue weighted by Gasteiger charge is -2.01. The Bertz CT molecular complexity index is 698. The van der Waals surface area contributed by atoms with E-state index in [9.17, 15) is 0 Å². The first-order valence-electron chi connectivity index (χ1n) is 5.80. The number of nitrogens with zero attached hydrogens (tertiary/aromatic N) is 5. The molecule has 2 heterocycles. The van der Waals surface area contributed by atoms with Crippen LogP contribution in [0, 0.1) is 0 Å². The van der Waals surface area contributed by atoms with Crippen LogP contribution in [0.2, 0.25) is 0 Å². The van der Waals surface area contributed by atoms with Gasteiger partial charge < -0.3 is 4.74 Å². The Balaban J connectivity index is 1.80.